The number of nitrogens with one attached hydrogen (secondary N) is 3. The molecule has 62 heavy (non-hydrogen) atoms. The van der Waals surface area contributed by atoms with Crippen molar-refractivity contribution in [3.05, 3.63) is 0 Å². The van der Waals surface area contributed by atoms with Crippen LogP contribution in [0.15, 0.2) is 0 Å². The number of esters is 2. The predicted molar refractivity (Wildman–Crippen MR) is 254 cm³/mol. The number of carbonyl (C=O) groups excluding carboxylic acids is 5. The lowest BCUT2D eigenvalue weighted by molar-refractivity contribution is -0.150. The van der Waals surface area contributed by atoms with Crippen LogP contribution >= 0.6 is 0 Å². The highest BCUT2D eigenvalue weighted by Crippen LogP contribution is 2.22. The van der Waals surface area contributed by atoms with Gasteiger partial charge in [0.2, 0.25) is 17.7 Å². The molecule has 0 fully saturated rings. The van der Waals surface area contributed by atoms with Gasteiger partial charge in [-0.3, -0.25) is 24.0 Å². The minimum absolute atomic E-state index is 0.00194. The van der Waals surface area contributed by atoms with Crippen LogP contribution in [0, 0.1) is 11.8 Å². The molecule has 4 N–H and O–H groups in total. The second-order valence-corrected chi connectivity index (χ2v) is 17.8. The summed E-state index contributed by atoms with van der Waals surface area (Å²) in [6, 6.07) is -1.04. The molecule has 0 rings (SSSR count). The smallest absolute Gasteiger partial charge is 0.308 e. The Morgan fingerprint density at radius 3 is 1.21 bits per heavy atom. The molecule has 0 aliphatic heterocycles. The summed E-state index contributed by atoms with van der Waals surface area (Å²) in [6.07, 6.45) is 33.7. The summed E-state index contributed by atoms with van der Waals surface area (Å²) in [6.45, 7) is 10.2. The molecule has 0 aromatic heterocycles. The topological polar surface area (TPSA) is 160 Å². The van der Waals surface area contributed by atoms with E-state index in [9.17, 15) is 29.1 Å². The van der Waals surface area contributed by atoms with Crippen LogP contribution in [0.1, 0.15) is 246 Å². The lowest BCUT2D eigenvalue weighted by Crippen LogP contribution is -2.49. The zero-order valence-electron chi connectivity index (χ0n) is 40.6. The maximum absolute atomic E-state index is 13.0. The Balaban J connectivity index is 4.49. The van der Waals surface area contributed by atoms with E-state index >= 15 is 0 Å². The molecule has 11 nitrogen and oxygen atoms in total. The molecular weight excluding hydrogens is 783 g/mol. The van der Waals surface area contributed by atoms with Gasteiger partial charge in [0.1, 0.15) is 6.04 Å². The van der Waals surface area contributed by atoms with Gasteiger partial charge in [0.25, 0.3) is 0 Å². The molecule has 0 aromatic rings. The summed E-state index contributed by atoms with van der Waals surface area (Å²) in [5, 5.41) is 17.5. The van der Waals surface area contributed by atoms with Gasteiger partial charge >= 0.3 is 11.9 Å². The summed E-state index contributed by atoms with van der Waals surface area (Å²) < 4.78 is 11.4. The molecule has 11 heteroatoms. The number of aliphatic hydroxyl groups excluding tert-OH is 1. The molecule has 0 aromatic carbocycles. The first-order valence-corrected chi connectivity index (χ1v) is 26.0. The van der Waals surface area contributed by atoms with Crippen LogP contribution in [0.3, 0.4) is 0 Å². The molecule has 0 aliphatic rings. The molecule has 3 unspecified atom stereocenters. The summed E-state index contributed by atoms with van der Waals surface area (Å²) in [5.74, 6) is -1.34. The lowest BCUT2D eigenvalue weighted by atomic mass is 9.94. The number of unbranched alkanes of at least 4 members (excludes halogenated alkanes) is 22. The molecule has 0 saturated carbocycles. The Labute approximate surface area is 379 Å². The van der Waals surface area contributed by atoms with Crippen LogP contribution in [0.5, 0.6) is 0 Å². The van der Waals surface area contributed by atoms with Crippen molar-refractivity contribution in [1.82, 2.24) is 16.0 Å². The van der Waals surface area contributed by atoms with Gasteiger partial charge in [0.05, 0.1) is 38.1 Å². The minimum atomic E-state index is -1.04. The summed E-state index contributed by atoms with van der Waals surface area (Å²) in [5.41, 5.74) is 0. The number of amides is 3. The van der Waals surface area contributed by atoms with Gasteiger partial charge in [-0.25, -0.2) is 0 Å². The molecular formula is C51H97N3O8. The number of hydrogen-bond acceptors (Lipinski definition) is 8. The Morgan fingerprint density at radius 1 is 0.435 bits per heavy atom. The first-order valence-electron chi connectivity index (χ1n) is 26.0. The van der Waals surface area contributed by atoms with Gasteiger partial charge in [-0.1, -0.05) is 169 Å². The van der Waals surface area contributed by atoms with E-state index < -0.39 is 17.9 Å². The second kappa shape index (κ2) is 44.9. The van der Waals surface area contributed by atoms with E-state index in [1.165, 1.54) is 103 Å². The predicted octanol–water partition coefficient (Wildman–Crippen LogP) is 11.4. The number of ether oxygens (including phenoxy) is 2. The molecule has 3 amide bonds. The van der Waals surface area contributed by atoms with Crippen LogP contribution in [0.25, 0.3) is 0 Å². The third-order valence-corrected chi connectivity index (χ3v) is 11.9. The average molecular weight is 880 g/mol. The lowest BCUT2D eigenvalue weighted by Gasteiger charge is -2.18. The van der Waals surface area contributed by atoms with Crippen molar-refractivity contribution in [3.63, 3.8) is 0 Å². The second-order valence-electron chi connectivity index (χ2n) is 17.8. The van der Waals surface area contributed by atoms with Crippen LogP contribution < -0.4 is 16.0 Å². The number of rotatable bonds is 46. The highest BCUT2D eigenvalue weighted by atomic mass is 16.5. The Bertz CT molecular complexity index is 1090. The fraction of sp³-hybridized carbons (Fsp3) is 0.902. The van der Waals surface area contributed by atoms with E-state index in [-0.39, 0.29) is 49.1 Å². The van der Waals surface area contributed by atoms with E-state index in [1.807, 2.05) is 0 Å². The summed E-state index contributed by atoms with van der Waals surface area (Å²) in [4.78, 5) is 63.9. The number of hydrogen-bond donors (Lipinski definition) is 4. The third kappa shape index (κ3) is 36.8. The monoisotopic (exact) mass is 880 g/mol. The maximum atomic E-state index is 13.0. The highest BCUT2D eigenvalue weighted by Gasteiger charge is 2.24. The molecule has 0 bridgehead atoms. The van der Waals surface area contributed by atoms with Crippen LogP contribution in [0.4, 0.5) is 0 Å². The van der Waals surface area contributed by atoms with Crippen molar-refractivity contribution in [1.29, 1.82) is 0 Å². The van der Waals surface area contributed by atoms with Crippen molar-refractivity contribution < 1.29 is 38.6 Å². The van der Waals surface area contributed by atoms with Crippen molar-refractivity contribution in [3.8, 4) is 0 Å². The van der Waals surface area contributed by atoms with Crippen LogP contribution in [-0.4, -0.2) is 73.7 Å². The Kier molecular flexibility index (Phi) is 43.0. The molecule has 0 heterocycles. The molecule has 0 spiro atoms. The first kappa shape index (κ1) is 59.3. The third-order valence-electron chi connectivity index (χ3n) is 11.9. The molecule has 0 saturated heterocycles. The fourth-order valence-corrected chi connectivity index (χ4v) is 7.88. The van der Waals surface area contributed by atoms with E-state index in [0.717, 1.165) is 103 Å². The average Bonchev–Trinajstić information content (AvgIpc) is 3.26. The van der Waals surface area contributed by atoms with E-state index in [0.29, 0.717) is 26.3 Å². The van der Waals surface area contributed by atoms with Gasteiger partial charge in [0.15, 0.2) is 0 Å². The first-order chi connectivity index (χ1) is 30.2. The van der Waals surface area contributed by atoms with Gasteiger partial charge in [-0.05, 0) is 64.2 Å². The summed E-state index contributed by atoms with van der Waals surface area (Å²) >= 11 is 0. The highest BCUT2D eigenvalue weighted by molar-refractivity contribution is 5.92. The van der Waals surface area contributed by atoms with Crippen molar-refractivity contribution in [2.24, 2.45) is 11.8 Å². The van der Waals surface area contributed by atoms with Gasteiger partial charge in [-0.15, -0.1) is 0 Å². The van der Waals surface area contributed by atoms with Gasteiger partial charge < -0.3 is 30.5 Å². The maximum Gasteiger partial charge on any atom is 0.308 e. The largest absolute Gasteiger partial charge is 0.465 e. The van der Waals surface area contributed by atoms with E-state index in [2.05, 4.69) is 43.6 Å². The SMILES string of the molecule is CCCCCCCCC(CCCCCC)C(=O)OCCCCCCNC(=O)CC(NC(=O)CCO)C(=O)NCCCCCCOC(=O)C(CCCCCC)CCCCCCCC. The zero-order chi connectivity index (χ0) is 45.7. The Morgan fingerprint density at radius 2 is 0.790 bits per heavy atom. The molecule has 3 atom stereocenters. The molecule has 364 valence electrons. The normalized spacial score (nSPS) is 12.7. The fourth-order valence-electron chi connectivity index (χ4n) is 7.88. The van der Waals surface area contributed by atoms with Crippen LogP contribution in [-0.2, 0) is 33.4 Å². The van der Waals surface area contributed by atoms with Crippen molar-refractivity contribution in [2.45, 2.75) is 252 Å². The van der Waals surface area contributed by atoms with Crippen molar-refractivity contribution >= 4 is 29.7 Å². The number of aliphatic hydroxyl groups is 1. The van der Waals surface area contributed by atoms with Crippen molar-refractivity contribution in [2.75, 3.05) is 32.9 Å². The minimum Gasteiger partial charge on any atom is -0.465 e. The zero-order valence-corrected chi connectivity index (χ0v) is 40.6. The standard InChI is InChI=1S/C51H97N3O8/c1-5-9-13-17-19-27-35-44(33-25-15-11-7-3)50(59)61-41-31-23-21-29-38-52-48(57)43-46(54-47(56)37-40-55)49(58)53-39-30-22-24-32-42-62-51(60)45(34-26-16-12-8-4)36-28-20-18-14-10-6-2/h44-46,55H,5-43H2,1-4H3,(H,52,57)(H,53,58)(H,54,56). The number of carbonyl (C=O) groups is 5. The molecule has 0 aliphatic carbocycles. The Hall–Kier alpha value is -2.69. The van der Waals surface area contributed by atoms with Gasteiger partial charge in [-0.2, -0.15) is 0 Å². The molecule has 0 radical (unpaired) electrons. The van der Waals surface area contributed by atoms with E-state index in [1.54, 1.807) is 0 Å². The van der Waals surface area contributed by atoms with E-state index in [4.69, 9.17) is 9.47 Å². The summed E-state index contributed by atoms with van der Waals surface area (Å²) in [7, 11) is 0. The quantitative estimate of drug-likeness (QED) is 0.0347. The van der Waals surface area contributed by atoms with Gasteiger partial charge in [0, 0.05) is 19.5 Å². The van der Waals surface area contributed by atoms with Crippen LogP contribution in [0.2, 0.25) is 0 Å².